The molecule has 72 valence electrons. The van der Waals surface area contributed by atoms with Crippen molar-refractivity contribution in [3.05, 3.63) is 36.0 Å². The van der Waals surface area contributed by atoms with Gasteiger partial charge in [-0.15, -0.1) is 0 Å². The van der Waals surface area contributed by atoms with Crippen molar-refractivity contribution in [3.8, 4) is 11.3 Å². The molecular formula is C11H13N3. The molecule has 0 saturated heterocycles. The van der Waals surface area contributed by atoms with Crippen LogP contribution in [0.5, 0.6) is 0 Å². The summed E-state index contributed by atoms with van der Waals surface area (Å²) in [6, 6.07) is 7.93. The van der Waals surface area contributed by atoms with Crippen LogP contribution in [-0.2, 0) is 7.05 Å². The van der Waals surface area contributed by atoms with Gasteiger partial charge >= 0.3 is 0 Å². The van der Waals surface area contributed by atoms with Crippen LogP contribution in [0.2, 0.25) is 0 Å². The van der Waals surface area contributed by atoms with Crippen molar-refractivity contribution in [1.82, 2.24) is 9.78 Å². The second-order valence-corrected chi connectivity index (χ2v) is 3.47. The Morgan fingerprint density at radius 3 is 2.71 bits per heavy atom. The Labute approximate surface area is 83.2 Å². The summed E-state index contributed by atoms with van der Waals surface area (Å²) in [6.07, 6.45) is 1.91. The maximum atomic E-state index is 5.88. The molecule has 0 unspecified atom stereocenters. The van der Waals surface area contributed by atoms with E-state index in [1.807, 2.05) is 38.4 Å². The van der Waals surface area contributed by atoms with Crippen molar-refractivity contribution in [3.63, 3.8) is 0 Å². The Hall–Kier alpha value is -1.77. The fourth-order valence-electron chi connectivity index (χ4n) is 1.45. The topological polar surface area (TPSA) is 43.8 Å². The molecule has 0 aliphatic rings. The molecular weight excluding hydrogens is 174 g/mol. The summed E-state index contributed by atoms with van der Waals surface area (Å²) in [5.74, 6) is 0. The second-order valence-electron chi connectivity index (χ2n) is 3.47. The van der Waals surface area contributed by atoms with E-state index < -0.39 is 0 Å². The standard InChI is InChI=1S/C11H13N3/c1-8-3-4-10(12)9(7-8)11-5-6-14(2)13-11/h3-7H,12H2,1-2H3. The van der Waals surface area contributed by atoms with Crippen LogP contribution < -0.4 is 5.73 Å². The number of aromatic nitrogens is 2. The molecule has 0 fully saturated rings. The number of nitrogens with two attached hydrogens (primary N) is 1. The van der Waals surface area contributed by atoms with Crippen molar-refractivity contribution < 1.29 is 0 Å². The zero-order valence-electron chi connectivity index (χ0n) is 8.36. The highest BCUT2D eigenvalue weighted by Gasteiger charge is 2.04. The third-order valence-electron chi connectivity index (χ3n) is 2.20. The Balaban J connectivity index is 2.55. The van der Waals surface area contributed by atoms with Crippen molar-refractivity contribution in [1.29, 1.82) is 0 Å². The predicted octanol–water partition coefficient (Wildman–Crippen LogP) is 1.98. The summed E-state index contributed by atoms with van der Waals surface area (Å²) < 4.78 is 1.77. The van der Waals surface area contributed by atoms with Crippen LogP contribution in [-0.4, -0.2) is 9.78 Å². The van der Waals surface area contributed by atoms with Gasteiger partial charge in [-0.1, -0.05) is 11.6 Å². The number of nitrogen functional groups attached to an aromatic ring is 1. The molecule has 0 aliphatic carbocycles. The van der Waals surface area contributed by atoms with Gasteiger partial charge in [-0.05, 0) is 25.1 Å². The summed E-state index contributed by atoms with van der Waals surface area (Å²) in [6.45, 7) is 2.05. The second kappa shape index (κ2) is 3.18. The van der Waals surface area contributed by atoms with Gasteiger partial charge in [0.15, 0.2) is 0 Å². The van der Waals surface area contributed by atoms with Crippen molar-refractivity contribution in [2.24, 2.45) is 7.05 Å². The molecule has 2 N–H and O–H groups in total. The maximum absolute atomic E-state index is 5.88. The third kappa shape index (κ3) is 1.48. The van der Waals surface area contributed by atoms with E-state index in [4.69, 9.17) is 5.73 Å². The highest BCUT2D eigenvalue weighted by Crippen LogP contribution is 2.24. The SMILES string of the molecule is Cc1ccc(N)c(-c2ccn(C)n2)c1. The minimum Gasteiger partial charge on any atom is -0.398 e. The van der Waals surface area contributed by atoms with Crippen LogP contribution in [0.25, 0.3) is 11.3 Å². The molecule has 0 spiro atoms. The molecule has 2 rings (SSSR count). The Morgan fingerprint density at radius 1 is 1.29 bits per heavy atom. The van der Waals surface area contributed by atoms with Crippen molar-refractivity contribution in [2.75, 3.05) is 5.73 Å². The molecule has 3 nitrogen and oxygen atoms in total. The van der Waals surface area contributed by atoms with Crippen LogP contribution in [0.1, 0.15) is 5.56 Å². The summed E-state index contributed by atoms with van der Waals surface area (Å²) >= 11 is 0. The molecule has 3 heteroatoms. The molecule has 2 aromatic rings. The third-order valence-corrected chi connectivity index (χ3v) is 2.20. The van der Waals surface area contributed by atoms with Gasteiger partial charge in [0, 0.05) is 24.5 Å². The first-order valence-corrected chi connectivity index (χ1v) is 4.53. The van der Waals surface area contributed by atoms with E-state index >= 15 is 0 Å². The molecule has 1 aromatic heterocycles. The van der Waals surface area contributed by atoms with Gasteiger partial charge in [0.2, 0.25) is 0 Å². The number of hydrogen-bond acceptors (Lipinski definition) is 2. The maximum Gasteiger partial charge on any atom is 0.0943 e. The molecule has 1 heterocycles. The van der Waals surface area contributed by atoms with E-state index in [9.17, 15) is 0 Å². The van der Waals surface area contributed by atoms with E-state index in [2.05, 4.69) is 11.2 Å². The number of aryl methyl sites for hydroxylation is 2. The fourth-order valence-corrected chi connectivity index (χ4v) is 1.45. The minimum atomic E-state index is 0.773. The van der Waals surface area contributed by atoms with E-state index in [0.717, 1.165) is 16.9 Å². The van der Waals surface area contributed by atoms with Gasteiger partial charge in [0.25, 0.3) is 0 Å². The van der Waals surface area contributed by atoms with Gasteiger partial charge in [0.05, 0.1) is 5.69 Å². The van der Waals surface area contributed by atoms with E-state index in [-0.39, 0.29) is 0 Å². The minimum absolute atomic E-state index is 0.773. The Morgan fingerprint density at radius 2 is 2.07 bits per heavy atom. The van der Waals surface area contributed by atoms with E-state index in [1.54, 1.807) is 4.68 Å². The molecule has 0 amide bonds. The molecule has 0 saturated carbocycles. The zero-order valence-corrected chi connectivity index (χ0v) is 8.36. The Kier molecular flexibility index (Phi) is 2.00. The van der Waals surface area contributed by atoms with Gasteiger partial charge in [-0.3, -0.25) is 4.68 Å². The number of anilines is 1. The van der Waals surface area contributed by atoms with Gasteiger partial charge < -0.3 is 5.73 Å². The van der Waals surface area contributed by atoms with Crippen LogP contribution in [0.4, 0.5) is 5.69 Å². The first kappa shape index (κ1) is 8.81. The lowest BCUT2D eigenvalue weighted by atomic mass is 10.1. The normalized spacial score (nSPS) is 10.4. The molecule has 0 atom stereocenters. The fraction of sp³-hybridized carbons (Fsp3) is 0.182. The largest absolute Gasteiger partial charge is 0.398 e. The summed E-state index contributed by atoms with van der Waals surface area (Å²) in [5, 5.41) is 4.32. The lowest BCUT2D eigenvalue weighted by Crippen LogP contribution is -1.93. The molecule has 14 heavy (non-hydrogen) atoms. The highest BCUT2D eigenvalue weighted by atomic mass is 15.2. The summed E-state index contributed by atoms with van der Waals surface area (Å²) in [5.41, 5.74) is 9.78. The van der Waals surface area contributed by atoms with Crippen LogP contribution >= 0.6 is 0 Å². The monoisotopic (exact) mass is 187 g/mol. The number of rotatable bonds is 1. The number of hydrogen-bond donors (Lipinski definition) is 1. The Bertz CT molecular complexity index is 457. The highest BCUT2D eigenvalue weighted by molar-refractivity contribution is 5.74. The van der Waals surface area contributed by atoms with Gasteiger partial charge in [0.1, 0.15) is 0 Å². The molecule has 0 radical (unpaired) electrons. The molecule has 0 bridgehead atoms. The lowest BCUT2D eigenvalue weighted by molar-refractivity contribution is 0.771. The smallest absolute Gasteiger partial charge is 0.0943 e. The van der Waals surface area contributed by atoms with E-state index in [0.29, 0.717) is 0 Å². The first-order chi connectivity index (χ1) is 6.66. The van der Waals surface area contributed by atoms with Crippen LogP contribution in [0, 0.1) is 6.92 Å². The van der Waals surface area contributed by atoms with Gasteiger partial charge in [-0.2, -0.15) is 5.10 Å². The lowest BCUT2D eigenvalue weighted by Gasteiger charge is -2.03. The predicted molar refractivity (Wildman–Crippen MR) is 57.8 cm³/mol. The van der Waals surface area contributed by atoms with E-state index in [1.165, 1.54) is 5.56 Å². The number of benzene rings is 1. The molecule has 0 aliphatic heterocycles. The molecule has 1 aromatic carbocycles. The average Bonchev–Trinajstić information content (AvgIpc) is 2.56. The van der Waals surface area contributed by atoms with Crippen LogP contribution in [0.3, 0.4) is 0 Å². The number of nitrogens with zero attached hydrogens (tertiary/aromatic N) is 2. The zero-order chi connectivity index (χ0) is 10.1. The summed E-state index contributed by atoms with van der Waals surface area (Å²) in [4.78, 5) is 0. The van der Waals surface area contributed by atoms with Crippen molar-refractivity contribution >= 4 is 5.69 Å². The van der Waals surface area contributed by atoms with Crippen molar-refractivity contribution in [2.45, 2.75) is 6.92 Å². The first-order valence-electron chi connectivity index (χ1n) is 4.53. The van der Waals surface area contributed by atoms with Crippen LogP contribution in [0.15, 0.2) is 30.5 Å². The summed E-state index contributed by atoms with van der Waals surface area (Å²) in [7, 11) is 1.90. The average molecular weight is 187 g/mol. The van der Waals surface area contributed by atoms with Gasteiger partial charge in [-0.25, -0.2) is 0 Å². The quantitative estimate of drug-likeness (QED) is 0.694.